The smallest absolute Gasteiger partial charge is 0.342 e. The van der Waals surface area contributed by atoms with E-state index in [0.717, 1.165) is 12.1 Å². The monoisotopic (exact) mass is 284 g/mol. The maximum Gasteiger partial charge on any atom is 0.417 e. The molecule has 2 rings (SSSR count). The van der Waals surface area contributed by atoms with E-state index in [1.165, 1.54) is 18.5 Å². The second kappa shape index (κ2) is 5.32. The van der Waals surface area contributed by atoms with E-state index in [0.29, 0.717) is 5.82 Å². The lowest BCUT2D eigenvalue weighted by Gasteiger charge is -2.15. The lowest BCUT2D eigenvalue weighted by Crippen LogP contribution is -2.29. The molecule has 0 bridgehead atoms. The SMILES string of the molecule is CC(NC(=O)c1ccccc1C(F)(F)F)c1ncn[nH]1. The number of nitrogens with zero attached hydrogens (tertiary/aromatic N) is 2. The molecule has 20 heavy (non-hydrogen) atoms. The summed E-state index contributed by atoms with van der Waals surface area (Å²) in [6.45, 7) is 1.59. The molecule has 1 unspecified atom stereocenters. The number of aromatic amines is 1. The standard InChI is InChI=1S/C12H11F3N4O/c1-7(10-16-6-17-19-10)18-11(20)8-4-2-3-5-9(8)12(13,14)15/h2-7H,1H3,(H,18,20)(H,16,17,19). The summed E-state index contributed by atoms with van der Waals surface area (Å²) >= 11 is 0. The van der Waals surface area contributed by atoms with Crippen LogP contribution in [-0.4, -0.2) is 21.1 Å². The van der Waals surface area contributed by atoms with Crippen LogP contribution in [0.3, 0.4) is 0 Å². The van der Waals surface area contributed by atoms with E-state index in [9.17, 15) is 18.0 Å². The summed E-state index contributed by atoms with van der Waals surface area (Å²) in [7, 11) is 0. The van der Waals surface area contributed by atoms with Gasteiger partial charge in [-0.15, -0.1) is 0 Å². The zero-order chi connectivity index (χ0) is 14.8. The van der Waals surface area contributed by atoms with Crippen molar-refractivity contribution in [2.45, 2.75) is 19.1 Å². The van der Waals surface area contributed by atoms with Gasteiger partial charge in [-0.2, -0.15) is 18.3 Å². The number of halogens is 3. The van der Waals surface area contributed by atoms with Gasteiger partial charge in [-0.25, -0.2) is 4.98 Å². The molecule has 2 aromatic rings. The van der Waals surface area contributed by atoms with Gasteiger partial charge in [0, 0.05) is 0 Å². The molecular formula is C12H11F3N4O. The number of hydrogen-bond acceptors (Lipinski definition) is 3. The second-order valence-electron chi connectivity index (χ2n) is 4.11. The third kappa shape index (κ3) is 2.95. The highest BCUT2D eigenvalue weighted by Gasteiger charge is 2.35. The molecule has 0 fully saturated rings. The normalized spacial score (nSPS) is 13.0. The number of amides is 1. The summed E-state index contributed by atoms with van der Waals surface area (Å²) in [5.41, 5.74) is -1.39. The first-order chi connectivity index (χ1) is 9.39. The molecule has 0 aliphatic rings. The average molecular weight is 284 g/mol. The van der Waals surface area contributed by atoms with Crippen LogP contribution in [0.4, 0.5) is 13.2 Å². The van der Waals surface area contributed by atoms with Crippen molar-refractivity contribution >= 4 is 5.91 Å². The molecule has 0 radical (unpaired) electrons. The molecule has 0 aliphatic heterocycles. The molecule has 0 aliphatic carbocycles. The molecule has 1 amide bonds. The Labute approximate surface area is 112 Å². The minimum absolute atomic E-state index is 0.364. The predicted molar refractivity (Wildman–Crippen MR) is 63.7 cm³/mol. The fourth-order valence-electron chi connectivity index (χ4n) is 1.69. The maximum atomic E-state index is 12.8. The minimum Gasteiger partial charge on any atom is -0.342 e. The van der Waals surface area contributed by atoms with Crippen molar-refractivity contribution in [3.63, 3.8) is 0 Å². The number of H-pyrrole nitrogens is 1. The number of nitrogens with one attached hydrogen (secondary N) is 2. The molecule has 2 N–H and O–H groups in total. The van der Waals surface area contributed by atoms with Gasteiger partial charge >= 0.3 is 6.18 Å². The molecule has 1 heterocycles. The maximum absolute atomic E-state index is 12.8. The van der Waals surface area contributed by atoms with E-state index in [4.69, 9.17) is 0 Å². The van der Waals surface area contributed by atoms with Gasteiger partial charge in [-0.05, 0) is 19.1 Å². The lowest BCUT2D eigenvalue weighted by atomic mass is 10.1. The van der Waals surface area contributed by atoms with Gasteiger partial charge in [0.15, 0.2) is 0 Å². The Morgan fingerprint density at radius 3 is 2.65 bits per heavy atom. The van der Waals surface area contributed by atoms with Gasteiger partial charge < -0.3 is 5.32 Å². The number of aromatic nitrogens is 3. The van der Waals surface area contributed by atoms with Crippen molar-refractivity contribution in [1.29, 1.82) is 0 Å². The topological polar surface area (TPSA) is 70.7 Å². The number of benzene rings is 1. The molecule has 8 heteroatoms. The van der Waals surface area contributed by atoms with Gasteiger partial charge in [0.05, 0.1) is 17.2 Å². The summed E-state index contributed by atoms with van der Waals surface area (Å²) in [6.07, 6.45) is -3.33. The number of rotatable bonds is 3. The summed E-state index contributed by atoms with van der Waals surface area (Å²) < 4.78 is 38.4. The van der Waals surface area contributed by atoms with E-state index < -0.39 is 29.3 Å². The van der Waals surface area contributed by atoms with Gasteiger partial charge in [0.25, 0.3) is 5.91 Å². The third-order valence-electron chi connectivity index (χ3n) is 2.67. The Morgan fingerprint density at radius 1 is 1.35 bits per heavy atom. The molecule has 5 nitrogen and oxygen atoms in total. The Balaban J connectivity index is 2.22. The lowest BCUT2D eigenvalue weighted by molar-refractivity contribution is -0.137. The Hall–Kier alpha value is -2.38. The first kappa shape index (κ1) is 14.0. The summed E-state index contributed by atoms with van der Waals surface area (Å²) in [5.74, 6) is -0.454. The number of alkyl halides is 3. The number of hydrogen-bond donors (Lipinski definition) is 2. The fourth-order valence-corrected chi connectivity index (χ4v) is 1.69. The van der Waals surface area contributed by atoms with Crippen LogP contribution in [0.1, 0.15) is 34.7 Å². The van der Waals surface area contributed by atoms with E-state index in [-0.39, 0.29) is 0 Å². The summed E-state index contributed by atoms with van der Waals surface area (Å²) in [5, 5.41) is 8.59. The molecule has 0 spiro atoms. The zero-order valence-corrected chi connectivity index (χ0v) is 10.4. The van der Waals surface area contributed by atoms with Crippen LogP contribution in [0.5, 0.6) is 0 Å². The highest BCUT2D eigenvalue weighted by atomic mass is 19.4. The zero-order valence-electron chi connectivity index (χ0n) is 10.4. The largest absolute Gasteiger partial charge is 0.417 e. The molecule has 0 saturated carbocycles. The quantitative estimate of drug-likeness (QED) is 0.908. The Bertz CT molecular complexity index is 595. The Kier molecular flexibility index (Phi) is 3.73. The second-order valence-corrected chi connectivity index (χ2v) is 4.11. The van der Waals surface area contributed by atoms with Crippen LogP contribution in [0.15, 0.2) is 30.6 Å². The molecule has 106 valence electrons. The number of carbonyl (C=O) groups excluding carboxylic acids is 1. The average Bonchev–Trinajstić information content (AvgIpc) is 2.91. The predicted octanol–water partition coefficient (Wildman–Crippen LogP) is 2.31. The van der Waals surface area contributed by atoms with Crippen LogP contribution in [0, 0.1) is 0 Å². The molecule has 0 saturated heterocycles. The van der Waals surface area contributed by atoms with Crippen molar-refractivity contribution in [3.8, 4) is 0 Å². The molecule has 1 atom stereocenters. The van der Waals surface area contributed by atoms with Crippen LogP contribution in [0.2, 0.25) is 0 Å². The van der Waals surface area contributed by atoms with Crippen molar-refractivity contribution in [2.75, 3.05) is 0 Å². The van der Waals surface area contributed by atoms with Gasteiger partial charge in [-0.1, -0.05) is 12.1 Å². The number of carbonyl (C=O) groups is 1. The van der Waals surface area contributed by atoms with Gasteiger partial charge in [0.2, 0.25) is 0 Å². The minimum atomic E-state index is -4.58. The van der Waals surface area contributed by atoms with Crippen LogP contribution >= 0.6 is 0 Å². The van der Waals surface area contributed by atoms with E-state index >= 15 is 0 Å². The van der Waals surface area contributed by atoms with E-state index in [1.54, 1.807) is 6.92 Å². The van der Waals surface area contributed by atoms with Crippen LogP contribution in [0.25, 0.3) is 0 Å². The first-order valence-corrected chi connectivity index (χ1v) is 5.72. The highest BCUT2D eigenvalue weighted by Crippen LogP contribution is 2.31. The van der Waals surface area contributed by atoms with Gasteiger partial charge in [0.1, 0.15) is 12.2 Å². The first-order valence-electron chi connectivity index (χ1n) is 5.72. The molecule has 1 aromatic carbocycles. The third-order valence-corrected chi connectivity index (χ3v) is 2.67. The van der Waals surface area contributed by atoms with Crippen molar-refractivity contribution in [2.24, 2.45) is 0 Å². The fraction of sp³-hybridized carbons (Fsp3) is 0.250. The van der Waals surface area contributed by atoms with Gasteiger partial charge in [-0.3, -0.25) is 9.89 Å². The van der Waals surface area contributed by atoms with Crippen molar-refractivity contribution in [1.82, 2.24) is 20.5 Å². The highest BCUT2D eigenvalue weighted by molar-refractivity contribution is 5.96. The van der Waals surface area contributed by atoms with Crippen LogP contribution < -0.4 is 5.32 Å². The molecular weight excluding hydrogens is 273 g/mol. The van der Waals surface area contributed by atoms with Crippen LogP contribution in [-0.2, 0) is 6.18 Å². The van der Waals surface area contributed by atoms with E-state index in [2.05, 4.69) is 20.5 Å². The molecule has 1 aromatic heterocycles. The summed E-state index contributed by atoms with van der Waals surface area (Å²) in [6, 6.07) is 4.04. The Morgan fingerprint density at radius 2 is 2.05 bits per heavy atom. The van der Waals surface area contributed by atoms with Crippen molar-refractivity contribution < 1.29 is 18.0 Å². The summed E-state index contributed by atoms with van der Waals surface area (Å²) in [4.78, 5) is 15.8. The van der Waals surface area contributed by atoms with Crippen molar-refractivity contribution in [3.05, 3.63) is 47.5 Å². The van der Waals surface area contributed by atoms with E-state index in [1.807, 2.05) is 0 Å².